The van der Waals surface area contributed by atoms with Crippen LogP contribution in [0.2, 0.25) is 0 Å². The molecule has 0 radical (unpaired) electrons. The van der Waals surface area contributed by atoms with Gasteiger partial charge in [0, 0.05) is 19.3 Å². The van der Waals surface area contributed by atoms with Gasteiger partial charge in [-0.05, 0) is 57.1 Å². The fourth-order valence-corrected chi connectivity index (χ4v) is 3.20. The summed E-state index contributed by atoms with van der Waals surface area (Å²) >= 11 is 0. The molecule has 3 aromatic rings. The van der Waals surface area contributed by atoms with Gasteiger partial charge in [0.1, 0.15) is 5.82 Å². The van der Waals surface area contributed by atoms with Crippen molar-refractivity contribution in [3.05, 3.63) is 60.2 Å². The maximum absolute atomic E-state index is 5.68. The van der Waals surface area contributed by atoms with Crippen molar-refractivity contribution in [2.45, 2.75) is 32.4 Å². The third-order valence-corrected chi connectivity index (χ3v) is 4.79. The van der Waals surface area contributed by atoms with E-state index in [2.05, 4.69) is 52.7 Å². The van der Waals surface area contributed by atoms with Gasteiger partial charge in [0.2, 0.25) is 0 Å². The molecular formula is C20H27N5. The summed E-state index contributed by atoms with van der Waals surface area (Å²) < 4.78 is 2.19. The Labute approximate surface area is 149 Å². The first kappa shape index (κ1) is 17.6. The number of para-hydroxylation sites is 2. The van der Waals surface area contributed by atoms with Gasteiger partial charge in [-0.1, -0.05) is 18.2 Å². The molecule has 2 heterocycles. The van der Waals surface area contributed by atoms with E-state index in [0.29, 0.717) is 0 Å². The molecule has 3 rings (SSSR count). The van der Waals surface area contributed by atoms with E-state index in [1.54, 1.807) is 0 Å². The molecule has 0 spiro atoms. The number of nitrogens with zero attached hydrogens (tertiary/aromatic N) is 4. The number of imidazole rings is 1. The highest BCUT2D eigenvalue weighted by Crippen LogP contribution is 2.22. The molecule has 0 aliphatic heterocycles. The number of fused-ring (bicyclic) bond motifs is 1. The van der Waals surface area contributed by atoms with Crippen LogP contribution in [0.15, 0.2) is 48.7 Å². The highest BCUT2D eigenvalue weighted by atomic mass is 15.2. The molecule has 0 amide bonds. The first-order valence-electron chi connectivity index (χ1n) is 8.96. The summed E-state index contributed by atoms with van der Waals surface area (Å²) in [6.07, 6.45) is 3.98. The molecule has 0 aliphatic rings. The van der Waals surface area contributed by atoms with Gasteiger partial charge in [0.25, 0.3) is 0 Å². The van der Waals surface area contributed by atoms with Crippen LogP contribution < -0.4 is 5.73 Å². The smallest absolute Gasteiger partial charge is 0.123 e. The normalized spacial score (nSPS) is 12.8. The number of benzene rings is 1. The fraction of sp³-hybridized carbons (Fsp3) is 0.400. The minimum atomic E-state index is 0.235. The summed E-state index contributed by atoms with van der Waals surface area (Å²) in [5.74, 6) is 1.08. The Morgan fingerprint density at radius 3 is 2.64 bits per heavy atom. The van der Waals surface area contributed by atoms with Crippen molar-refractivity contribution in [1.82, 2.24) is 19.4 Å². The molecule has 0 bridgehead atoms. The molecule has 1 unspecified atom stereocenters. The summed E-state index contributed by atoms with van der Waals surface area (Å²) in [4.78, 5) is 11.8. The van der Waals surface area contributed by atoms with Crippen LogP contribution in [-0.4, -0.2) is 32.5 Å². The van der Waals surface area contributed by atoms with Gasteiger partial charge in [0.05, 0.1) is 23.3 Å². The second kappa shape index (κ2) is 8.23. The van der Waals surface area contributed by atoms with Gasteiger partial charge in [-0.2, -0.15) is 0 Å². The Morgan fingerprint density at radius 1 is 1.12 bits per heavy atom. The molecule has 25 heavy (non-hydrogen) atoms. The Balaban J connectivity index is 1.84. The largest absolute Gasteiger partial charge is 0.330 e. The number of unbranched alkanes of at least 4 members (excludes halogenated alkanes) is 1. The number of aromatic nitrogens is 3. The van der Waals surface area contributed by atoms with Crippen LogP contribution in [0.25, 0.3) is 11.0 Å². The third-order valence-electron chi connectivity index (χ3n) is 4.79. The highest BCUT2D eigenvalue weighted by Gasteiger charge is 2.19. The summed E-state index contributed by atoms with van der Waals surface area (Å²) in [6.45, 7) is 4.73. The molecule has 5 nitrogen and oxygen atoms in total. The van der Waals surface area contributed by atoms with E-state index in [4.69, 9.17) is 10.7 Å². The standard InChI is InChI=1S/C20H27N5/c1-16(17-9-5-7-13-22-17)25(14-8-6-12-21)15-20-23-18-10-3-4-11-19(18)24(20)2/h3-5,7,9-11,13,16H,6,8,12,14-15,21H2,1-2H3. The van der Waals surface area contributed by atoms with E-state index in [0.717, 1.165) is 49.5 Å². The molecule has 1 atom stereocenters. The first-order chi connectivity index (χ1) is 12.2. The van der Waals surface area contributed by atoms with E-state index in [-0.39, 0.29) is 6.04 Å². The molecule has 0 fully saturated rings. The average Bonchev–Trinajstić information content (AvgIpc) is 2.97. The number of hydrogen-bond donors (Lipinski definition) is 1. The fourth-order valence-electron chi connectivity index (χ4n) is 3.20. The Kier molecular flexibility index (Phi) is 5.79. The van der Waals surface area contributed by atoms with Crippen LogP contribution >= 0.6 is 0 Å². The van der Waals surface area contributed by atoms with Gasteiger partial charge in [0.15, 0.2) is 0 Å². The zero-order valence-corrected chi connectivity index (χ0v) is 15.1. The van der Waals surface area contributed by atoms with E-state index >= 15 is 0 Å². The molecule has 0 saturated carbocycles. The Morgan fingerprint density at radius 2 is 1.92 bits per heavy atom. The number of hydrogen-bond acceptors (Lipinski definition) is 4. The van der Waals surface area contributed by atoms with Gasteiger partial charge in [-0.25, -0.2) is 4.98 Å². The van der Waals surface area contributed by atoms with Gasteiger partial charge >= 0.3 is 0 Å². The van der Waals surface area contributed by atoms with Gasteiger partial charge in [-0.15, -0.1) is 0 Å². The molecular weight excluding hydrogens is 310 g/mol. The number of pyridine rings is 1. The van der Waals surface area contributed by atoms with Crippen molar-refractivity contribution in [2.24, 2.45) is 12.8 Å². The van der Waals surface area contributed by atoms with Crippen LogP contribution in [0.4, 0.5) is 0 Å². The van der Waals surface area contributed by atoms with Crippen molar-refractivity contribution in [2.75, 3.05) is 13.1 Å². The van der Waals surface area contributed by atoms with E-state index in [9.17, 15) is 0 Å². The summed E-state index contributed by atoms with van der Waals surface area (Å²) in [5.41, 5.74) is 8.99. The first-order valence-corrected chi connectivity index (χ1v) is 8.96. The van der Waals surface area contributed by atoms with Crippen molar-refractivity contribution >= 4 is 11.0 Å². The maximum Gasteiger partial charge on any atom is 0.123 e. The molecule has 132 valence electrons. The second-order valence-electron chi connectivity index (χ2n) is 6.47. The molecule has 0 aliphatic carbocycles. The van der Waals surface area contributed by atoms with Crippen molar-refractivity contribution in [3.8, 4) is 0 Å². The zero-order valence-electron chi connectivity index (χ0n) is 15.1. The van der Waals surface area contributed by atoms with Crippen LogP contribution in [0.3, 0.4) is 0 Å². The zero-order chi connectivity index (χ0) is 17.6. The molecule has 2 aromatic heterocycles. The Hall–Kier alpha value is -2.24. The minimum absolute atomic E-state index is 0.235. The molecule has 0 saturated heterocycles. The lowest BCUT2D eigenvalue weighted by molar-refractivity contribution is 0.188. The molecule has 2 N–H and O–H groups in total. The maximum atomic E-state index is 5.68. The van der Waals surface area contributed by atoms with E-state index in [1.165, 1.54) is 5.52 Å². The van der Waals surface area contributed by atoms with Crippen LogP contribution in [0, 0.1) is 0 Å². The second-order valence-corrected chi connectivity index (χ2v) is 6.47. The number of rotatable bonds is 8. The number of aryl methyl sites for hydroxylation is 1. The highest BCUT2D eigenvalue weighted by molar-refractivity contribution is 5.75. The van der Waals surface area contributed by atoms with E-state index < -0.39 is 0 Å². The lowest BCUT2D eigenvalue weighted by atomic mass is 10.1. The van der Waals surface area contributed by atoms with Crippen LogP contribution in [-0.2, 0) is 13.6 Å². The predicted molar refractivity (Wildman–Crippen MR) is 102 cm³/mol. The summed E-state index contributed by atoms with van der Waals surface area (Å²) in [6, 6.07) is 14.6. The van der Waals surface area contributed by atoms with Crippen LogP contribution in [0.5, 0.6) is 0 Å². The van der Waals surface area contributed by atoms with Crippen LogP contribution in [0.1, 0.15) is 37.3 Å². The van der Waals surface area contributed by atoms with Crippen molar-refractivity contribution in [3.63, 3.8) is 0 Å². The minimum Gasteiger partial charge on any atom is -0.330 e. The molecule has 5 heteroatoms. The van der Waals surface area contributed by atoms with Gasteiger partial charge < -0.3 is 10.3 Å². The summed E-state index contributed by atoms with van der Waals surface area (Å²) in [5, 5.41) is 0. The monoisotopic (exact) mass is 337 g/mol. The lowest BCUT2D eigenvalue weighted by Gasteiger charge is -2.28. The van der Waals surface area contributed by atoms with Crippen molar-refractivity contribution in [1.29, 1.82) is 0 Å². The number of nitrogens with two attached hydrogens (primary N) is 1. The van der Waals surface area contributed by atoms with Gasteiger partial charge in [-0.3, -0.25) is 9.88 Å². The van der Waals surface area contributed by atoms with E-state index in [1.807, 2.05) is 24.4 Å². The predicted octanol–water partition coefficient (Wildman–Crippen LogP) is 3.27. The lowest BCUT2D eigenvalue weighted by Crippen LogP contribution is -2.29. The third kappa shape index (κ3) is 4.06. The van der Waals surface area contributed by atoms with Crippen molar-refractivity contribution < 1.29 is 0 Å². The summed E-state index contributed by atoms with van der Waals surface area (Å²) in [7, 11) is 2.09. The molecule has 1 aromatic carbocycles. The topological polar surface area (TPSA) is 60.0 Å². The quantitative estimate of drug-likeness (QED) is 0.641. The Bertz CT molecular complexity index is 796. The SMILES string of the molecule is CC(c1ccccn1)N(CCCCN)Cc1nc2ccccc2n1C. The average molecular weight is 337 g/mol.